The van der Waals surface area contributed by atoms with E-state index < -0.39 is 29.5 Å². The average molecular weight is 259 g/mol. The van der Waals surface area contributed by atoms with Crippen LogP contribution in [0.1, 0.15) is 6.92 Å². The second-order valence-corrected chi connectivity index (χ2v) is 3.74. The molecule has 0 aromatic carbocycles. The fraction of sp³-hybridized carbons (Fsp3) is 0.556. The highest BCUT2D eigenvalue weighted by Gasteiger charge is 2.54. The van der Waals surface area contributed by atoms with Gasteiger partial charge in [0.15, 0.2) is 0 Å². The number of hydroxylamine groups is 1. The van der Waals surface area contributed by atoms with E-state index in [1.807, 2.05) is 0 Å². The highest BCUT2D eigenvalue weighted by Crippen LogP contribution is 2.22. The van der Waals surface area contributed by atoms with Gasteiger partial charge in [0.25, 0.3) is 11.8 Å². The van der Waals surface area contributed by atoms with Crippen LogP contribution in [0.3, 0.4) is 0 Å². The molecule has 1 heterocycles. The van der Waals surface area contributed by atoms with Crippen LogP contribution in [0.4, 0.5) is 9.59 Å². The molecule has 0 radical (unpaired) electrons. The monoisotopic (exact) mass is 259 g/mol. The van der Waals surface area contributed by atoms with Crippen LogP contribution in [0.2, 0.25) is 0 Å². The number of urea groups is 1. The number of hydrogen-bond donors (Lipinski definition) is 1. The van der Waals surface area contributed by atoms with Crippen molar-refractivity contribution < 1.29 is 28.8 Å². The van der Waals surface area contributed by atoms with Crippen LogP contribution < -0.4 is 5.48 Å². The number of carbonyl (C=O) groups excluding carboxylic acids is 4. The van der Waals surface area contributed by atoms with E-state index in [4.69, 9.17) is 4.84 Å². The number of amides is 5. The lowest BCUT2D eigenvalue weighted by atomic mass is 10.0. The van der Waals surface area contributed by atoms with E-state index in [9.17, 15) is 19.2 Å². The van der Waals surface area contributed by atoms with Crippen LogP contribution in [-0.4, -0.2) is 60.5 Å². The van der Waals surface area contributed by atoms with Crippen molar-refractivity contribution in [2.45, 2.75) is 12.5 Å². The number of rotatable bonds is 2. The van der Waals surface area contributed by atoms with Gasteiger partial charge in [0.2, 0.25) is 5.60 Å². The summed E-state index contributed by atoms with van der Waals surface area (Å²) in [5, 5.41) is 0. The summed E-state index contributed by atoms with van der Waals surface area (Å²) >= 11 is 0. The number of likely N-dealkylation sites (N-methyl/N-ethyl adjacent to an activating group) is 2. The number of nitrogens with one attached hydrogen (secondary N) is 1. The summed E-state index contributed by atoms with van der Waals surface area (Å²) in [4.78, 5) is 52.3. The van der Waals surface area contributed by atoms with Crippen LogP contribution in [0.25, 0.3) is 0 Å². The lowest BCUT2D eigenvalue weighted by molar-refractivity contribution is -0.180. The molecular weight excluding hydrogens is 246 g/mol. The van der Waals surface area contributed by atoms with Crippen molar-refractivity contribution in [3.63, 3.8) is 0 Å². The largest absolute Gasteiger partial charge is 0.451 e. The Morgan fingerprint density at radius 3 is 2.00 bits per heavy atom. The predicted molar refractivity (Wildman–Crippen MR) is 56.0 cm³/mol. The van der Waals surface area contributed by atoms with E-state index in [1.54, 1.807) is 5.48 Å². The van der Waals surface area contributed by atoms with Gasteiger partial charge in [-0.2, -0.15) is 5.48 Å². The molecule has 0 bridgehead atoms. The first-order valence-corrected chi connectivity index (χ1v) is 4.88. The Labute approximate surface area is 103 Å². The highest BCUT2D eigenvalue weighted by molar-refractivity contribution is 6.20. The number of methoxy groups -OCH3 is 1. The summed E-state index contributed by atoms with van der Waals surface area (Å²) in [6.45, 7) is 1.15. The van der Waals surface area contributed by atoms with Gasteiger partial charge in [-0.25, -0.2) is 14.4 Å². The van der Waals surface area contributed by atoms with Crippen molar-refractivity contribution in [3.8, 4) is 0 Å². The molecule has 1 N–H and O–H groups in total. The predicted octanol–water partition coefficient (Wildman–Crippen LogP) is -0.917. The summed E-state index contributed by atoms with van der Waals surface area (Å²) < 4.78 is 4.24. The van der Waals surface area contributed by atoms with Gasteiger partial charge in [-0.1, -0.05) is 0 Å². The molecule has 0 unspecified atom stereocenters. The third kappa shape index (κ3) is 1.99. The molecular formula is C9H13N3O6. The summed E-state index contributed by atoms with van der Waals surface area (Å²) in [5.41, 5.74) is -0.216. The molecule has 1 rings (SSSR count). The molecule has 0 aromatic heterocycles. The van der Waals surface area contributed by atoms with Crippen molar-refractivity contribution in [1.82, 2.24) is 15.3 Å². The zero-order chi connectivity index (χ0) is 14.1. The van der Waals surface area contributed by atoms with Crippen molar-refractivity contribution >= 4 is 23.9 Å². The van der Waals surface area contributed by atoms with Crippen LogP contribution in [0.5, 0.6) is 0 Å². The normalized spacial score (nSPS) is 19.0. The number of hydrogen-bond acceptors (Lipinski definition) is 6. The topological polar surface area (TPSA) is 105 Å². The molecule has 1 fully saturated rings. The Morgan fingerprint density at radius 2 is 1.61 bits per heavy atom. The van der Waals surface area contributed by atoms with E-state index in [0.717, 1.165) is 23.8 Å². The van der Waals surface area contributed by atoms with E-state index >= 15 is 0 Å². The Morgan fingerprint density at radius 1 is 1.17 bits per heavy atom. The summed E-state index contributed by atoms with van der Waals surface area (Å²) in [7, 11) is 3.49. The third-order valence-corrected chi connectivity index (χ3v) is 2.52. The van der Waals surface area contributed by atoms with Crippen molar-refractivity contribution in [2.75, 3.05) is 21.2 Å². The van der Waals surface area contributed by atoms with Crippen molar-refractivity contribution in [1.29, 1.82) is 0 Å². The first-order valence-electron chi connectivity index (χ1n) is 4.88. The van der Waals surface area contributed by atoms with Gasteiger partial charge in [0.1, 0.15) is 0 Å². The molecule has 1 aliphatic rings. The molecule has 0 aliphatic carbocycles. The summed E-state index contributed by atoms with van der Waals surface area (Å²) in [5.74, 6) is -1.76. The third-order valence-electron chi connectivity index (χ3n) is 2.52. The smallest absolute Gasteiger partial charge is 0.431 e. The van der Waals surface area contributed by atoms with E-state index in [0.29, 0.717) is 0 Å². The molecule has 0 spiro atoms. The Hall–Kier alpha value is -2.16. The molecule has 0 aromatic rings. The molecule has 9 nitrogen and oxygen atoms in total. The van der Waals surface area contributed by atoms with Crippen molar-refractivity contribution in [3.05, 3.63) is 0 Å². The van der Waals surface area contributed by atoms with E-state index in [1.165, 1.54) is 14.1 Å². The Bertz CT molecular complexity index is 397. The summed E-state index contributed by atoms with van der Waals surface area (Å²) in [6, 6.07) is -0.774. The minimum atomic E-state index is -2.01. The van der Waals surface area contributed by atoms with Gasteiger partial charge in [0.05, 0.1) is 7.11 Å². The zero-order valence-corrected chi connectivity index (χ0v) is 10.3. The van der Waals surface area contributed by atoms with Crippen LogP contribution in [0.15, 0.2) is 0 Å². The van der Waals surface area contributed by atoms with Crippen LogP contribution >= 0.6 is 0 Å². The Kier molecular flexibility index (Phi) is 3.56. The molecule has 5 amide bonds. The maximum atomic E-state index is 11.9. The SMILES string of the molecule is COC(=O)NOC1(C)C(=O)N(C)C(=O)N(C)C1=O. The molecule has 18 heavy (non-hydrogen) atoms. The second-order valence-electron chi connectivity index (χ2n) is 3.74. The maximum absolute atomic E-state index is 11.9. The minimum absolute atomic E-state index is 0.723. The number of imide groups is 2. The second kappa shape index (κ2) is 4.61. The number of ether oxygens (including phenoxy) is 1. The molecule has 9 heteroatoms. The van der Waals surface area contributed by atoms with Gasteiger partial charge in [-0.3, -0.25) is 19.4 Å². The van der Waals surface area contributed by atoms with Crippen molar-refractivity contribution in [2.24, 2.45) is 0 Å². The summed E-state index contributed by atoms with van der Waals surface area (Å²) in [6.07, 6.45) is -0.973. The van der Waals surface area contributed by atoms with Gasteiger partial charge >= 0.3 is 12.1 Å². The minimum Gasteiger partial charge on any atom is -0.451 e. The Balaban J connectivity index is 2.97. The standard InChI is InChI=1S/C9H13N3O6/c1-9(18-10-7(15)17-4)5(13)11(2)8(16)12(3)6(9)14/h1-4H3,(H,10,15). The van der Waals surface area contributed by atoms with Crippen LogP contribution in [0, 0.1) is 0 Å². The highest BCUT2D eigenvalue weighted by atomic mass is 16.7. The quantitative estimate of drug-likeness (QED) is 0.508. The molecule has 0 atom stereocenters. The van der Waals surface area contributed by atoms with E-state index in [2.05, 4.69) is 4.74 Å². The fourth-order valence-corrected chi connectivity index (χ4v) is 1.40. The number of nitrogens with zero attached hydrogens (tertiary/aromatic N) is 2. The van der Waals surface area contributed by atoms with Crippen LogP contribution in [-0.2, 0) is 19.2 Å². The van der Waals surface area contributed by atoms with Gasteiger partial charge in [0, 0.05) is 14.1 Å². The fourth-order valence-electron chi connectivity index (χ4n) is 1.40. The van der Waals surface area contributed by atoms with Gasteiger partial charge in [-0.15, -0.1) is 0 Å². The lowest BCUT2D eigenvalue weighted by Crippen LogP contribution is -2.68. The van der Waals surface area contributed by atoms with Gasteiger partial charge in [-0.05, 0) is 6.92 Å². The zero-order valence-electron chi connectivity index (χ0n) is 10.3. The maximum Gasteiger partial charge on any atom is 0.431 e. The van der Waals surface area contributed by atoms with E-state index in [-0.39, 0.29) is 0 Å². The first-order chi connectivity index (χ1) is 8.25. The van der Waals surface area contributed by atoms with Gasteiger partial charge < -0.3 is 4.74 Å². The number of barbiturate groups is 1. The molecule has 1 saturated heterocycles. The molecule has 1 aliphatic heterocycles. The lowest BCUT2D eigenvalue weighted by Gasteiger charge is -2.38. The first kappa shape index (κ1) is 13.9. The molecule has 100 valence electrons. The number of carbonyl (C=O) groups is 4. The molecule has 0 saturated carbocycles. The average Bonchev–Trinajstić information content (AvgIpc) is 2.38.